The molecule has 0 heterocycles. The first-order valence-electron chi connectivity index (χ1n) is 6.14. The van der Waals surface area contributed by atoms with Crippen LogP contribution in [0.4, 0.5) is 5.69 Å². The molecule has 94 valence electrons. The van der Waals surface area contributed by atoms with Crippen LogP contribution in [0.2, 0.25) is 0 Å². The van der Waals surface area contributed by atoms with Crippen LogP contribution in [-0.2, 0) is 0 Å². The maximum absolute atomic E-state index is 9.66. The Balaban J connectivity index is 2.52. The number of aliphatic hydroxyl groups is 1. The van der Waals surface area contributed by atoms with E-state index in [4.69, 9.17) is 0 Å². The molecule has 0 spiro atoms. The van der Waals surface area contributed by atoms with Gasteiger partial charge in [0.25, 0.3) is 0 Å². The minimum atomic E-state index is -0.434. The third kappa shape index (κ3) is 2.54. The molecule has 0 radical (unpaired) electrons. The number of benzene rings is 2. The quantitative estimate of drug-likeness (QED) is 0.889. The van der Waals surface area contributed by atoms with Gasteiger partial charge in [0.05, 0.1) is 6.10 Å². The number of nitrogens with zero attached hydrogens (tertiary/aromatic N) is 1. The molecule has 0 fully saturated rings. The van der Waals surface area contributed by atoms with Crippen LogP contribution in [0.1, 0.15) is 18.6 Å². The molecule has 2 aromatic rings. The summed E-state index contributed by atoms with van der Waals surface area (Å²) in [4.78, 5) is 2.10. The number of para-hydroxylation sites is 1. The summed E-state index contributed by atoms with van der Waals surface area (Å²) in [5.74, 6) is 0. The highest BCUT2D eigenvalue weighted by molar-refractivity contribution is 5.78. The zero-order valence-corrected chi connectivity index (χ0v) is 11.1. The van der Waals surface area contributed by atoms with Crippen LogP contribution in [0.3, 0.4) is 0 Å². The van der Waals surface area contributed by atoms with Crippen LogP contribution in [0, 0.1) is 0 Å². The second-order valence-corrected chi connectivity index (χ2v) is 4.71. The van der Waals surface area contributed by atoms with Crippen LogP contribution in [-0.4, -0.2) is 19.2 Å². The molecule has 1 atom stereocenters. The Labute approximate surface area is 109 Å². The fraction of sp³-hybridized carbons (Fsp3) is 0.250. The van der Waals surface area contributed by atoms with Gasteiger partial charge in [-0.1, -0.05) is 36.4 Å². The predicted molar refractivity (Wildman–Crippen MR) is 76.8 cm³/mol. The Morgan fingerprint density at radius 1 is 1.00 bits per heavy atom. The lowest BCUT2D eigenvalue weighted by Gasteiger charge is -2.18. The van der Waals surface area contributed by atoms with Gasteiger partial charge in [0.15, 0.2) is 0 Å². The zero-order chi connectivity index (χ0) is 13.1. The van der Waals surface area contributed by atoms with Crippen LogP contribution < -0.4 is 4.90 Å². The number of rotatable bonds is 3. The van der Waals surface area contributed by atoms with Gasteiger partial charge in [0.1, 0.15) is 0 Å². The molecule has 0 saturated carbocycles. The summed E-state index contributed by atoms with van der Waals surface area (Å²) in [6, 6.07) is 16.4. The summed E-state index contributed by atoms with van der Waals surface area (Å²) < 4.78 is 0. The maximum Gasteiger partial charge on any atom is 0.0762 e. The second-order valence-electron chi connectivity index (χ2n) is 4.71. The van der Waals surface area contributed by atoms with Gasteiger partial charge >= 0.3 is 0 Å². The molecule has 0 aliphatic rings. The minimum absolute atomic E-state index is 0.434. The average Bonchev–Trinajstić information content (AvgIpc) is 2.39. The van der Waals surface area contributed by atoms with Crippen molar-refractivity contribution in [3.63, 3.8) is 0 Å². The van der Waals surface area contributed by atoms with E-state index < -0.39 is 6.10 Å². The first-order chi connectivity index (χ1) is 8.59. The van der Waals surface area contributed by atoms with E-state index in [1.165, 1.54) is 11.3 Å². The molecule has 2 nitrogen and oxygen atoms in total. The van der Waals surface area contributed by atoms with Crippen molar-refractivity contribution >= 4 is 5.69 Å². The number of hydrogen-bond donors (Lipinski definition) is 1. The van der Waals surface area contributed by atoms with Crippen molar-refractivity contribution in [2.24, 2.45) is 0 Å². The molecule has 2 aromatic carbocycles. The lowest BCUT2D eigenvalue weighted by atomic mass is 9.99. The summed E-state index contributed by atoms with van der Waals surface area (Å²) >= 11 is 0. The van der Waals surface area contributed by atoms with Gasteiger partial charge in [-0.2, -0.15) is 0 Å². The third-order valence-electron chi connectivity index (χ3n) is 3.07. The monoisotopic (exact) mass is 241 g/mol. The topological polar surface area (TPSA) is 23.5 Å². The van der Waals surface area contributed by atoms with E-state index in [-0.39, 0.29) is 0 Å². The van der Waals surface area contributed by atoms with E-state index in [1.54, 1.807) is 6.92 Å². The van der Waals surface area contributed by atoms with Gasteiger partial charge in [0.2, 0.25) is 0 Å². The Bertz CT molecular complexity index is 532. The number of aliphatic hydroxyl groups excluding tert-OH is 1. The van der Waals surface area contributed by atoms with E-state index in [2.05, 4.69) is 23.1 Å². The van der Waals surface area contributed by atoms with Gasteiger partial charge in [0, 0.05) is 25.3 Å². The molecule has 1 N–H and O–H groups in total. The van der Waals surface area contributed by atoms with E-state index in [0.717, 1.165) is 11.1 Å². The van der Waals surface area contributed by atoms with E-state index >= 15 is 0 Å². The Kier molecular flexibility index (Phi) is 3.68. The summed E-state index contributed by atoms with van der Waals surface area (Å²) in [6.45, 7) is 1.79. The average molecular weight is 241 g/mol. The Hall–Kier alpha value is -1.80. The molecule has 0 saturated heterocycles. The summed E-state index contributed by atoms with van der Waals surface area (Å²) in [5, 5.41) is 9.66. The van der Waals surface area contributed by atoms with Crippen molar-refractivity contribution in [2.75, 3.05) is 19.0 Å². The maximum atomic E-state index is 9.66. The molecule has 0 aromatic heterocycles. The van der Waals surface area contributed by atoms with Gasteiger partial charge in [-0.25, -0.2) is 0 Å². The van der Waals surface area contributed by atoms with Crippen molar-refractivity contribution in [2.45, 2.75) is 13.0 Å². The van der Waals surface area contributed by atoms with Crippen molar-refractivity contribution in [3.8, 4) is 11.1 Å². The fourth-order valence-corrected chi connectivity index (χ4v) is 2.07. The van der Waals surface area contributed by atoms with Crippen LogP contribution in [0.25, 0.3) is 11.1 Å². The highest BCUT2D eigenvalue weighted by Crippen LogP contribution is 2.30. The highest BCUT2D eigenvalue weighted by atomic mass is 16.3. The number of hydrogen-bond acceptors (Lipinski definition) is 2. The lowest BCUT2D eigenvalue weighted by molar-refractivity contribution is 0.199. The number of anilines is 1. The Morgan fingerprint density at radius 3 is 2.39 bits per heavy atom. The van der Waals surface area contributed by atoms with Gasteiger partial charge in [-0.15, -0.1) is 0 Å². The largest absolute Gasteiger partial charge is 0.389 e. The first kappa shape index (κ1) is 12.7. The third-order valence-corrected chi connectivity index (χ3v) is 3.07. The first-order valence-corrected chi connectivity index (χ1v) is 6.14. The van der Waals surface area contributed by atoms with Gasteiger partial charge in [-0.3, -0.25) is 0 Å². The van der Waals surface area contributed by atoms with E-state index in [1.807, 2.05) is 44.4 Å². The van der Waals surface area contributed by atoms with Crippen LogP contribution in [0.5, 0.6) is 0 Å². The van der Waals surface area contributed by atoms with Crippen molar-refractivity contribution in [3.05, 3.63) is 54.1 Å². The highest BCUT2D eigenvalue weighted by Gasteiger charge is 2.08. The second kappa shape index (κ2) is 5.23. The Morgan fingerprint density at radius 2 is 1.72 bits per heavy atom. The minimum Gasteiger partial charge on any atom is -0.389 e. The zero-order valence-electron chi connectivity index (χ0n) is 11.1. The SMILES string of the molecule is C[C@@H](O)c1cccc(-c2ccccc2N(C)C)c1. The molecule has 2 rings (SSSR count). The molecule has 0 amide bonds. The predicted octanol–water partition coefficient (Wildman–Crippen LogP) is 3.47. The standard InChI is InChI=1S/C16H19NO/c1-12(18)13-7-6-8-14(11-13)15-9-4-5-10-16(15)17(2)3/h4-12,18H,1-3H3/t12-/m1/s1. The molecule has 2 heteroatoms. The lowest BCUT2D eigenvalue weighted by Crippen LogP contribution is -2.09. The molecule has 0 aliphatic heterocycles. The molecular formula is C16H19NO. The van der Waals surface area contributed by atoms with Gasteiger partial charge in [-0.05, 0) is 30.2 Å². The molecular weight excluding hydrogens is 222 g/mol. The van der Waals surface area contributed by atoms with E-state index in [9.17, 15) is 5.11 Å². The fourth-order valence-electron chi connectivity index (χ4n) is 2.07. The smallest absolute Gasteiger partial charge is 0.0762 e. The molecule has 0 unspecified atom stereocenters. The van der Waals surface area contributed by atoms with Crippen LogP contribution >= 0.6 is 0 Å². The van der Waals surface area contributed by atoms with Crippen molar-refractivity contribution in [1.82, 2.24) is 0 Å². The normalized spacial score (nSPS) is 12.2. The summed E-state index contributed by atoms with van der Waals surface area (Å²) in [6.07, 6.45) is -0.434. The summed E-state index contributed by atoms with van der Waals surface area (Å²) in [5.41, 5.74) is 4.45. The summed E-state index contributed by atoms with van der Waals surface area (Å²) in [7, 11) is 4.08. The molecule has 0 bridgehead atoms. The van der Waals surface area contributed by atoms with Gasteiger partial charge < -0.3 is 10.0 Å². The van der Waals surface area contributed by atoms with Crippen molar-refractivity contribution < 1.29 is 5.11 Å². The molecule has 0 aliphatic carbocycles. The molecule has 18 heavy (non-hydrogen) atoms. The van der Waals surface area contributed by atoms with Crippen LogP contribution in [0.15, 0.2) is 48.5 Å². The van der Waals surface area contributed by atoms with Crippen molar-refractivity contribution in [1.29, 1.82) is 0 Å². The van der Waals surface area contributed by atoms with E-state index in [0.29, 0.717) is 0 Å².